The highest BCUT2D eigenvalue weighted by molar-refractivity contribution is 7.12. The number of aromatic nitrogens is 2. The number of aromatic amines is 1. The molecule has 1 unspecified atom stereocenters. The second-order valence-electron chi connectivity index (χ2n) is 6.69. The topological polar surface area (TPSA) is 87.7 Å². The second kappa shape index (κ2) is 7.85. The molecule has 9 heteroatoms. The van der Waals surface area contributed by atoms with Crippen LogP contribution in [0.25, 0.3) is 10.9 Å². The largest absolute Gasteiger partial charge is 0.451 e. The van der Waals surface area contributed by atoms with Crippen molar-refractivity contribution in [3.05, 3.63) is 74.7 Å². The van der Waals surface area contributed by atoms with Crippen LogP contribution in [0.2, 0.25) is 0 Å². The maximum atomic E-state index is 12.9. The van der Waals surface area contributed by atoms with Gasteiger partial charge in [0.2, 0.25) is 0 Å². The molecule has 0 saturated heterocycles. The predicted molar refractivity (Wildman–Crippen MR) is 116 cm³/mol. The van der Waals surface area contributed by atoms with Crippen molar-refractivity contribution in [3.63, 3.8) is 0 Å². The van der Waals surface area contributed by atoms with Gasteiger partial charge in [0, 0.05) is 16.7 Å². The van der Waals surface area contributed by atoms with Gasteiger partial charge in [0.25, 0.3) is 5.91 Å². The zero-order chi connectivity index (χ0) is 20.5. The molecule has 4 heterocycles. The van der Waals surface area contributed by atoms with Crippen molar-refractivity contribution in [2.45, 2.75) is 12.5 Å². The van der Waals surface area contributed by atoms with E-state index in [1.165, 1.54) is 5.01 Å². The van der Waals surface area contributed by atoms with Gasteiger partial charge in [-0.1, -0.05) is 30.3 Å². The maximum absolute atomic E-state index is 12.9. The standard InChI is InChI=1S/C21H16N4O3S2/c26-19(12-28-21(27)20-13-5-1-2-6-14(13)22-23-20)25-16(18-8-4-10-30-18)11-15(24-25)17-7-3-9-29-17/h1-10,16H,11-12H2,(H,22,23). The van der Waals surface area contributed by atoms with Crippen LogP contribution < -0.4 is 0 Å². The summed E-state index contributed by atoms with van der Waals surface area (Å²) in [7, 11) is 0. The fraction of sp³-hybridized carbons (Fsp3) is 0.143. The smallest absolute Gasteiger partial charge is 0.359 e. The van der Waals surface area contributed by atoms with Crippen molar-refractivity contribution in [2.24, 2.45) is 5.10 Å². The molecule has 1 aromatic carbocycles. The molecule has 150 valence electrons. The number of carbonyl (C=O) groups is 2. The molecule has 30 heavy (non-hydrogen) atoms. The van der Waals surface area contributed by atoms with E-state index in [9.17, 15) is 9.59 Å². The van der Waals surface area contributed by atoms with Crippen molar-refractivity contribution in [1.29, 1.82) is 0 Å². The molecule has 0 radical (unpaired) electrons. The third kappa shape index (κ3) is 3.42. The van der Waals surface area contributed by atoms with Gasteiger partial charge in [0.05, 0.1) is 22.1 Å². The van der Waals surface area contributed by atoms with Gasteiger partial charge >= 0.3 is 5.97 Å². The van der Waals surface area contributed by atoms with E-state index in [0.717, 1.165) is 21.0 Å². The van der Waals surface area contributed by atoms with Gasteiger partial charge in [-0.25, -0.2) is 9.80 Å². The summed E-state index contributed by atoms with van der Waals surface area (Å²) >= 11 is 3.17. The monoisotopic (exact) mass is 436 g/mol. The number of H-pyrrole nitrogens is 1. The first kappa shape index (κ1) is 18.7. The minimum Gasteiger partial charge on any atom is -0.451 e. The van der Waals surface area contributed by atoms with E-state index in [4.69, 9.17) is 4.74 Å². The highest BCUT2D eigenvalue weighted by atomic mass is 32.1. The first-order valence-electron chi connectivity index (χ1n) is 9.28. The number of amides is 1. The molecular formula is C21H16N4O3S2. The number of ether oxygens (including phenoxy) is 1. The van der Waals surface area contributed by atoms with Crippen LogP contribution in [0, 0.1) is 0 Å². The molecule has 1 aliphatic rings. The van der Waals surface area contributed by atoms with Crippen molar-refractivity contribution >= 4 is 51.2 Å². The molecule has 0 aliphatic carbocycles. The number of fused-ring (bicyclic) bond motifs is 1. The zero-order valence-corrected chi connectivity index (χ0v) is 17.3. The lowest BCUT2D eigenvalue weighted by atomic mass is 10.1. The SMILES string of the molecule is O=C(OCC(=O)N1N=C(c2cccs2)CC1c1cccs1)c1n[nH]c2ccccc12. The van der Waals surface area contributed by atoms with Crippen LogP contribution in [0.4, 0.5) is 0 Å². The molecule has 0 saturated carbocycles. The summed E-state index contributed by atoms with van der Waals surface area (Å²) in [6.45, 7) is -0.400. The number of benzene rings is 1. The van der Waals surface area contributed by atoms with Gasteiger partial charge in [-0.15, -0.1) is 22.7 Å². The fourth-order valence-electron chi connectivity index (χ4n) is 3.42. The molecule has 0 bridgehead atoms. The predicted octanol–water partition coefficient (Wildman–Crippen LogP) is 4.22. The van der Waals surface area contributed by atoms with Gasteiger partial charge in [0.15, 0.2) is 12.3 Å². The Morgan fingerprint density at radius 1 is 1.10 bits per heavy atom. The molecule has 1 N–H and O–H groups in total. The first-order chi connectivity index (χ1) is 14.7. The number of nitrogens with one attached hydrogen (secondary N) is 1. The van der Waals surface area contributed by atoms with E-state index in [2.05, 4.69) is 15.3 Å². The number of rotatable bonds is 5. The average Bonchev–Trinajstić information content (AvgIpc) is 3.56. The van der Waals surface area contributed by atoms with Crippen LogP contribution >= 0.6 is 22.7 Å². The Morgan fingerprint density at radius 2 is 1.93 bits per heavy atom. The first-order valence-corrected chi connectivity index (χ1v) is 11.0. The molecule has 1 aliphatic heterocycles. The molecule has 4 aromatic rings. The van der Waals surface area contributed by atoms with Crippen molar-refractivity contribution < 1.29 is 14.3 Å². The second-order valence-corrected chi connectivity index (χ2v) is 8.62. The van der Waals surface area contributed by atoms with E-state index in [1.54, 1.807) is 28.7 Å². The van der Waals surface area contributed by atoms with Crippen molar-refractivity contribution in [3.8, 4) is 0 Å². The number of carbonyl (C=O) groups excluding carboxylic acids is 2. The summed E-state index contributed by atoms with van der Waals surface area (Å²) in [6, 6.07) is 15.0. The third-order valence-electron chi connectivity index (χ3n) is 4.83. The summed E-state index contributed by atoms with van der Waals surface area (Å²) in [4.78, 5) is 27.5. The number of thiophene rings is 2. The Hall–Kier alpha value is -3.30. The van der Waals surface area contributed by atoms with Gasteiger partial charge in [-0.2, -0.15) is 10.2 Å². The van der Waals surface area contributed by atoms with Crippen molar-refractivity contribution in [2.75, 3.05) is 6.61 Å². The van der Waals surface area contributed by atoms with Crippen LogP contribution in [0.5, 0.6) is 0 Å². The summed E-state index contributed by atoms with van der Waals surface area (Å²) in [5, 5.41) is 17.4. The fourth-order valence-corrected chi connectivity index (χ4v) is 4.95. The molecule has 0 spiro atoms. The Kier molecular flexibility index (Phi) is 4.89. The Bertz CT molecular complexity index is 1230. The number of esters is 1. The maximum Gasteiger partial charge on any atom is 0.359 e. The summed E-state index contributed by atoms with van der Waals surface area (Å²) in [5.74, 6) is -1.01. The Morgan fingerprint density at radius 3 is 2.73 bits per heavy atom. The average molecular weight is 437 g/mol. The van der Waals surface area contributed by atoms with Crippen LogP contribution in [0.1, 0.15) is 32.7 Å². The summed E-state index contributed by atoms with van der Waals surface area (Å²) in [6.07, 6.45) is 0.630. The van der Waals surface area contributed by atoms with Gasteiger partial charge in [-0.3, -0.25) is 9.89 Å². The molecule has 3 aromatic heterocycles. The number of hydrazone groups is 1. The molecule has 5 rings (SSSR count). The van der Waals surface area contributed by atoms with E-state index in [1.807, 2.05) is 53.2 Å². The molecule has 0 fully saturated rings. The number of nitrogens with zero attached hydrogens (tertiary/aromatic N) is 3. The van der Waals surface area contributed by atoms with Crippen LogP contribution in [0.3, 0.4) is 0 Å². The summed E-state index contributed by atoms with van der Waals surface area (Å²) in [5.41, 5.74) is 1.76. The quantitative estimate of drug-likeness (QED) is 0.475. The third-order valence-corrected chi connectivity index (χ3v) is 6.73. The van der Waals surface area contributed by atoms with Gasteiger partial charge in [0.1, 0.15) is 0 Å². The minimum atomic E-state index is -0.643. The zero-order valence-electron chi connectivity index (χ0n) is 15.6. The van der Waals surface area contributed by atoms with E-state index in [-0.39, 0.29) is 17.6 Å². The summed E-state index contributed by atoms with van der Waals surface area (Å²) < 4.78 is 5.28. The lowest BCUT2D eigenvalue weighted by Gasteiger charge is -2.20. The van der Waals surface area contributed by atoms with Crippen LogP contribution in [-0.4, -0.2) is 39.4 Å². The molecular weight excluding hydrogens is 420 g/mol. The lowest BCUT2D eigenvalue weighted by molar-refractivity contribution is -0.136. The Balaban J connectivity index is 1.34. The highest BCUT2D eigenvalue weighted by Gasteiger charge is 2.34. The highest BCUT2D eigenvalue weighted by Crippen LogP contribution is 2.35. The lowest BCUT2D eigenvalue weighted by Crippen LogP contribution is -2.31. The Labute approximate surface area is 179 Å². The van der Waals surface area contributed by atoms with E-state index in [0.29, 0.717) is 11.8 Å². The van der Waals surface area contributed by atoms with Crippen LogP contribution in [-0.2, 0) is 9.53 Å². The number of para-hydroxylation sites is 1. The van der Waals surface area contributed by atoms with Gasteiger partial charge < -0.3 is 4.74 Å². The van der Waals surface area contributed by atoms with Crippen molar-refractivity contribution in [1.82, 2.24) is 15.2 Å². The normalized spacial score (nSPS) is 16.1. The molecule has 7 nitrogen and oxygen atoms in total. The van der Waals surface area contributed by atoms with E-state index >= 15 is 0 Å². The van der Waals surface area contributed by atoms with Gasteiger partial charge in [-0.05, 0) is 29.0 Å². The molecule has 1 atom stereocenters. The van der Waals surface area contributed by atoms with E-state index < -0.39 is 12.6 Å². The number of hydrogen-bond acceptors (Lipinski definition) is 7. The minimum absolute atomic E-state index is 0.164. The molecule has 1 amide bonds. The number of hydrogen-bond donors (Lipinski definition) is 1. The van der Waals surface area contributed by atoms with Crippen LogP contribution in [0.15, 0.2) is 64.4 Å².